The molecule has 1 saturated heterocycles. The second-order valence-electron chi connectivity index (χ2n) is 3.38. The highest BCUT2D eigenvalue weighted by Crippen LogP contribution is 1.82. The van der Waals surface area contributed by atoms with Gasteiger partial charge in [0.1, 0.15) is 0 Å². The molecule has 1 aliphatic rings. The molecule has 0 atom stereocenters. The van der Waals surface area contributed by atoms with Gasteiger partial charge in [0.2, 0.25) is 0 Å². The lowest BCUT2D eigenvalue weighted by Crippen LogP contribution is -3.14. The molecule has 1 heterocycles. The molecule has 0 amide bonds. The summed E-state index contributed by atoms with van der Waals surface area (Å²) in [6.07, 6.45) is 3.18. The van der Waals surface area contributed by atoms with Crippen LogP contribution in [-0.2, 0) is 0 Å². The quantitative estimate of drug-likeness (QED) is 0.534. The first kappa shape index (κ1) is 8.75. The molecular formula is C9H19N2+. The van der Waals surface area contributed by atoms with Crippen molar-refractivity contribution in [1.29, 1.82) is 0 Å². The van der Waals surface area contributed by atoms with Crippen molar-refractivity contribution >= 4 is 0 Å². The Morgan fingerprint density at radius 2 is 2.09 bits per heavy atom. The summed E-state index contributed by atoms with van der Waals surface area (Å²) >= 11 is 0. The van der Waals surface area contributed by atoms with Crippen molar-refractivity contribution in [2.45, 2.75) is 6.42 Å². The lowest BCUT2D eigenvalue weighted by molar-refractivity contribution is -0.904. The van der Waals surface area contributed by atoms with E-state index < -0.39 is 0 Å². The van der Waals surface area contributed by atoms with E-state index in [-0.39, 0.29) is 0 Å². The standard InChI is InChI=1S/C9H18N2/c1-3-4-5-11-8-6-10(2)7-9-11/h3H,1,4-9H2,2H3/p+1. The van der Waals surface area contributed by atoms with Crippen LogP contribution in [0.5, 0.6) is 0 Å². The fraction of sp³-hybridized carbons (Fsp3) is 0.778. The Bertz CT molecular complexity index is 115. The van der Waals surface area contributed by atoms with Gasteiger partial charge in [-0.3, -0.25) is 4.90 Å². The number of quaternary nitrogens is 1. The Morgan fingerprint density at radius 3 is 2.64 bits per heavy atom. The van der Waals surface area contributed by atoms with Crippen LogP contribution in [0.3, 0.4) is 0 Å². The zero-order valence-corrected chi connectivity index (χ0v) is 7.47. The first-order valence-corrected chi connectivity index (χ1v) is 4.46. The average molecular weight is 155 g/mol. The van der Waals surface area contributed by atoms with E-state index in [1.807, 2.05) is 6.08 Å². The molecule has 0 aromatic heterocycles. The van der Waals surface area contributed by atoms with E-state index in [9.17, 15) is 0 Å². The average Bonchev–Trinajstić information content (AvgIpc) is 2.04. The normalized spacial score (nSPS) is 21.9. The van der Waals surface area contributed by atoms with Crippen LogP contribution in [-0.4, -0.2) is 44.7 Å². The molecule has 1 N–H and O–H groups in total. The van der Waals surface area contributed by atoms with Crippen LogP contribution in [0.15, 0.2) is 12.7 Å². The van der Waals surface area contributed by atoms with Gasteiger partial charge in [0.25, 0.3) is 0 Å². The Hall–Kier alpha value is -0.340. The Morgan fingerprint density at radius 1 is 1.45 bits per heavy atom. The zero-order valence-electron chi connectivity index (χ0n) is 7.47. The van der Waals surface area contributed by atoms with Crippen molar-refractivity contribution in [1.82, 2.24) is 4.90 Å². The van der Waals surface area contributed by atoms with Gasteiger partial charge >= 0.3 is 0 Å². The summed E-state index contributed by atoms with van der Waals surface area (Å²) in [4.78, 5) is 4.14. The van der Waals surface area contributed by atoms with Gasteiger partial charge in [-0.25, -0.2) is 0 Å². The molecule has 0 aromatic carbocycles. The van der Waals surface area contributed by atoms with Crippen LogP contribution in [0.4, 0.5) is 0 Å². The van der Waals surface area contributed by atoms with Gasteiger partial charge in [-0.2, -0.15) is 0 Å². The maximum Gasteiger partial charge on any atom is 0.0900 e. The lowest BCUT2D eigenvalue weighted by atomic mass is 10.3. The van der Waals surface area contributed by atoms with Gasteiger partial charge in [0, 0.05) is 19.5 Å². The van der Waals surface area contributed by atoms with Gasteiger partial charge in [-0.05, 0) is 7.05 Å². The smallest absolute Gasteiger partial charge is 0.0900 e. The highest BCUT2D eigenvalue weighted by molar-refractivity contribution is 4.65. The fourth-order valence-electron chi connectivity index (χ4n) is 1.49. The van der Waals surface area contributed by atoms with Crippen LogP contribution < -0.4 is 4.90 Å². The monoisotopic (exact) mass is 155 g/mol. The van der Waals surface area contributed by atoms with Gasteiger partial charge in [0.15, 0.2) is 0 Å². The molecule has 0 aliphatic carbocycles. The minimum Gasteiger partial charge on any atom is -0.333 e. The molecule has 2 heteroatoms. The predicted octanol–water partition coefficient (Wildman–Crippen LogP) is -0.607. The van der Waals surface area contributed by atoms with Crippen molar-refractivity contribution in [2.24, 2.45) is 0 Å². The molecular weight excluding hydrogens is 136 g/mol. The number of nitrogens with one attached hydrogen (secondary N) is 1. The summed E-state index contributed by atoms with van der Waals surface area (Å²) in [5, 5.41) is 0. The molecule has 2 nitrogen and oxygen atoms in total. The third kappa shape index (κ3) is 3.04. The van der Waals surface area contributed by atoms with E-state index in [2.05, 4.69) is 18.5 Å². The van der Waals surface area contributed by atoms with Crippen LogP contribution in [0, 0.1) is 0 Å². The van der Waals surface area contributed by atoms with E-state index in [4.69, 9.17) is 0 Å². The van der Waals surface area contributed by atoms with Crippen molar-refractivity contribution in [3.63, 3.8) is 0 Å². The second kappa shape index (κ2) is 4.52. The van der Waals surface area contributed by atoms with Crippen molar-refractivity contribution in [3.8, 4) is 0 Å². The van der Waals surface area contributed by atoms with Gasteiger partial charge < -0.3 is 4.90 Å². The van der Waals surface area contributed by atoms with E-state index >= 15 is 0 Å². The Balaban J connectivity index is 2.12. The van der Waals surface area contributed by atoms with E-state index in [1.54, 1.807) is 4.90 Å². The molecule has 1 aliphatic heterocycles. The first-order chi connectivity index (χ1) is 5.33. The zero-order chi connectivity index (χ0) is 8.10. The maximum absolute atomic E-state index is 3.74. The highest BCUT2D eigenvalue weighted by Gasteiger charge is 2.15. The summed E-state index contributed by atoms with van der Waals surface area (Å²) in [5.74, 6) is 0. The van der Waals surface area contributed by atoms with Crippen molar-refractivity contribution < 1.29 is 4.90 Å². The Labute approximate surface area is 69.5 Å². The van der Waals surface area contributed by atoms with Crippen LogP contribution in [0.1, 0.15) is 6.42 Å². The minimum absolute atomic E-state index is 1.17. The predicted molar refractivity (Wildman–Crippen MR) is 47.9 cm³/mol. The number of likely N-dealkylation sites (N-methyl/N-ethyl adjacent to an activating group) is 1. The summed E-state index contributed by atoms with van der Waals surface area (Å²) < 4.78 is 0. The molecule has 0 bridgehead atoms. The second-order valence-corrected chi connectivity index (χ2v) is 3.38. The third-order valence-electron chi connectivity index (χ3n) is 2.40. The number of hydrogen-bond donors (Lipinski definition) is 1. The van der Waals surface area contributed by atoms with E-state index in [0.717, 1.165) is 0 Å². The fourth-order valence-corrected chi connectivity index (χ4v) is 1.49. The molecule has 0 unspecified atom stereocenters. The lowest BCUT2D eigenvalue weighted by Gasteiger charge is -2.29. The topological polar surface area (TPSA) is 7.68 Å². The summed E-state index contributed by atoms with van der Waals surface area (Å²) in [6, 6.07) is 0. The number of hydrogen-bond acceptors (Lipinski definition) is 1. The largest absolute Gasteiger partial charge is 0.333 e. The molecule has 64 valence electrons. The molecule has 1 rings (SSSR count). The number of nitrogens with zero attached hydrogens (tertiary/aromatic N) is 1. The summed E-state index contributed by atoms with van der Waals surface area (Å²) in [5.41, 5.74) is 0. The molecule has 1 fully saturated rings. The number of piperazine rings is 1. The molecule has 0 saturated carbocycles. The van der Waals surface area contributed by atoms with Crippen LogP contribution in [0.25, 0.3) is 0 Å². The summed E-state index contributed by atoms with van der Waals surface area (Å²) in [6.45, 7) is 10.1. The van der Waals surface area contributed by atoms with E-state index in [1.165, 1.54) is 39.1 Å². The van der Waals surface area contributed by atoms with Gasteiger partial charge in [-0.15, -0.1) is 6.58 Å². The van der Waals surface area contributed by atoms with Gasteiger partial charge in [-0.1, -0.05) is 6.08 Å². The number of rotatable bonds is 3. The minimum atomic E-state index is 1.17. The van der Waals surface area contributed by atoms with Gasteiger partial charge in [0.05, 0.1) is 19.6 Å². The molecule has 0 radical (unpaired) electrons. The maximum atomic E-state index is 3.74. The van der Waals surface area contributed by atoms with E-state index in [0.29, 0.717) is 0 Å². The van der Waals surface area contributed by atoms with Crippen molar-refractivity contribution in [3.05, 3.63) is 12.7 Å². The third-order valence-corrected chi connectivity index (χ3v) is 2.40. The molecule has 0 aromatic rings. The van der Waals surface area contributed by atoms with Crippen LogP contribution >= 0.6 is 0 Å². The van der Waals surface area contributed by atoms with Crippen molar-refractivity contribution in [2.75, 3.05) is 39.8 Å². The highest BCUT2D eigenvalue weighted by atomic mass is 15.2. The summed E-state index contributed by atoms with van der Waals surface area (Å²) in [7, 11) is 2.20. The first-order valence-electron chi connectivity index (χ1n) is 4.46. The molecule has 11 heavy (non-hydrogen) atoms. The van der Waals surface area contributed by atoms with Crippen LogP contribution in [0.2, 0.25) is 0 Å². The Kier molecular flexibility index (Phi) is 3.60. The SMILES string of the molecule is C=CCC[NH+]1CCN(C)CC1. The molecule has 0 spiro atoms.